The topological polar surface area (TPSA) is 64.3 Å². The van der Waals surface area contributed by atoms with Crippen molar-refractivity contribution in [2.75, 3.05) is 6.61 Å². The molecule has 0 heterocycles. The predicted molar refractivity (Wildman–Crippen MR) is 103 cm³/mol. The van der Waals surface area contributed by atoms with Crippen LogP contribution in [0.2, 0.25) is 0 Å². The van der Waals surface area contributed by atoms with Crippen molar-refractivity contribution in [2.45, 2.75) is 70.1 Å². The zero-order valence-corrected chi connectivity index (χ0v) is 15.9. The van der Waals surface area contributed by atoms with Gasteiger partial charge in [0.15, 0.2) is 0 Å². The predicted octanol–water partition coefficient (Wildman–Crippen LogP) is 3.74. The summed E-state index contributed by atoms with van der Waals surface area (Å²) in [5, 5.41) is 3.27. The Bertz CT molecular complexity index is 546. The fourth-order valence-corrected chi connectivity index (χ4v) is 4.54. The van der Waals surface area contributed by atoms with Gasteiger partial charge in [-0.1, -0.05) is 49.6 Å². The SMILES string of the molecule is CCOC1CC(NC(=O)CC(N)c2ccccc2)C12CCCCC2.Cl. The van der Waals surface area contributed by atoms with Crippen LogP contribution in [0.1, 0.15) is 63.5 Å². The van der Waals surface area contributed by atoms with Crippen LogP contribution in [0, 0.1) is 5.41 Å². The Labute approximate surface area is 157 Å². The molecular formula is C20H31ClN2O2. The van der Waals surface area contributed by atoms with Crippen molar-refractivity contribution in [2.24, 2.45) is 11.1 Å². The van der Waals surface area contributed by atoms with Crippen LogP contribution in [-0.4, -0.2) is 24.7 Å². The first-order valence-electron chi connectivity index (χ1n) is 9.37. The molecule has 3 atom stereocenters. The molecule has 0 saturated heterocycles. The van der Waals surface area contributed by atoms with Crippen molar-refractivity contribution >= 4 is 18.3 Å². The van der Waals surface area contributed by atoms with E-state index in [-0.39, 0.29) is 35.8 Å². The molecule has 1 aromatic rings. The molecule has 3 rings (SSSR count). The monoisotopic (exact) mass is 366 g/mol. The van der Waals surface area contributed by atoms with Gasteiger partial charge in [0.25, 0.3) is 0 Å². The zero-order chi connectivity index (χ0) is 17.0. The third kappa shape index (κ3) is 4.36. The minimum Gasteiger partial charge on any atom is -0.378 e. The standard InChI is InChI=1S/C20H30N2O2.ClH/c1-2-24-18-14-17(20(18)11-7-4-8-12-20)22-19(23)13-16(21)15-9-5-3-6-10-15;/h3,5-6,9-10,16-18H,2,4,7-8,11-14,21H2,1H3,(H,22,23);1H. The molecule has 1 amide bonds. The number of benzene rings is 1. The average molecular weight is 367 g/mol. The van der Waals surface area contributed by atoms with Gasteiger partial charge in [-0.25, -0.2) is 0 Å². The normalized spacial score (nSPS) is 25.5. The van der Waals surface area contributed by atoms with Crippen molar-refractivity contribution in [1.29, 1.82) is 0 Å². The van der Waals surface area contributed by atoms with Crippen molar-refractivity contribution in [3.05, 3.63) is 35.9 Å². The number of rotatable bonds is 6. The van der Waals surface area contributed by atoms with Crippen molar-refractivity contribution in [1.82, 2.24) is 5.32 Å². The largest absolute Gasteiger partial charge is 0.378 e. The molecule has 0 bridgehead atoms. The van der Waals surface area contributed by atoms with Gasteiger partial charge in [0.1, 0.15) is 0 Å². The summed E-state index contributed by atoms with van der Waals surface area (Å²) in [6.45, 7) is 2.81. The van der Waals surface area contributed by atoms with E-state index in [2.05, 4.69) is 12.2 Å². The molecule has 3 unspecified atom stereocenters. The summed E-state index contributed by atoms with van der Waals surface area (Å²) in [4.78, 5) is 12.5. The Hall–Kier alpha value is -1.10. The van der Waals surface area contributed by atoms with Crippen LogP contribution >= 0.6 is 12.4 Å². The number of hydrogen-bond donors (Lipinski definition) is 2. The molecule has 0 aliphatic heterocycles. The van der Waals surface area contributed by atoms with E-state index in [1.807, 2.05) is 30.3 Å². The molecule has 0 radical (unpaired) electrons. The lowest BCUT2D eigenvalue weighted by Crippen LogP contribution is -2.65. The van der Waals surface area contributed by atoms with E-state index >= 15 is 0 Å². The highest BCUT2D eigenvalue weighted by Crippen LogP contribution is 2.53. The van der Waals surface area contributed by atoms with E-state index in [1.54, 1.807) is 0 Å². The molecule has 1 aromatic carbocycles. The lowest BCUT2D eigenvalue weighted by Gasteiger charge is -2.57. The van der Waals surface area contributed by atoms with Crippen LogP contribution in [-0.2, 0) is 9.53 Å². The van der Waals surface area contributed by atoms with Gasteiger partial charge in [-0.05, 0) is 31.7 Å². The van der Waals surface area contributed by atoms with Gasteiger partial charge < -0.3 is 15.8 Å². The first kappa shape index (κ1) is 20.2. The second kappa shape index (κ2) is 9.02. The minimum atomic E-state index is -0.240. The van der Waals surface area contributed by atoms with E-state index in [9.17, 15) is 4.79 Å². The first-order valence-corrected chi connectivity index (χ1v) is 9.37. The molecule has 3 N–H and O–H groups in total. The highest BCUT2D eigenvalue weighted by Gasteiger charge is 2.56. The molecule has 1 spiro atoms. The summed E-state index contributed by atoms with van der Waals surface area (Å²) in [7, 11) is 0. The number of amides is 1. The Morgan fingerprint density at radius 1 is 1.28 bits per heavy atom. The van der Waals surface area contributed by atoms with Crippen molar-refractivity contribution < 1.29 is 9.53 Å². The molecule has 2 aliphatic rings. The maximum Gasteiger partial charge on any atom is 0.222 e. The van der Waals surface area contributed by atoms with Gasteiger partial charge in [-0.3, -0.25) is 4.79 Å². The number of ether oxygens (including phenoxy) is 1. The average Bonchev–Trinajstić information content (AvgIpc) is 2.62. The minimum absolute atomic E-state index is 0. The third-order valence-corrected chi connectivity index (χ3v) is 5.91. The second-order valence-corrected chi connectivity index (χ2v) is 7.31. The molecule has 25 heavy (non-hydrogen) atoms. The molecular weight excluding hydrogens is 336 g/mol. The molecule has 0 aromatic heterocycles. The van der Waals surface area contributed by atoms with E-state index in [0.717, 1.165) is 18.6 Å². The Kier molecular flexibility index (Phi) is 7.29. The third-order valence-electron chi connectivity index (χ3n) is 5.91. The van der Waals surface area contributed by atoms with Crippen molar-refractivity contribution in [3.63, 3.8) is 0 Å². The molecule has 2 fully saturated rings. The second-order valence-electron chi connectivity index (χ2n) is 7.31. The maximum absolute atomic E-state index is 12.5. The first-order chi connectivity index (χ1) is 11.7. The van der Waals surface area contributed by atoms with Crippen LogP contribution in [0.4, 0.5) is 0 Å². The number of carbonyl (C=O) groups excluding carboxylic acids is 1. The van der Waals surface area contributed by atoms with E-state index < -0.39 is 0 Å². The molecule has 2 aliphatic carbocycles. The van der Waals surface area contributed by atoms with Crippen LogP contribution in [0.3, 0.4) is 0 Å². The van der Waals surface area contributed by atoms with Crippen LogP contribution in [0.25, 0.3) is 0 Å². The molecule has 2 saturated carbocycles. The lowest BCUT2D eigenvalue weighted by atomic mass is 9.55. The van der Waals surface area contributed by atoms with E-state index in [1.165, 1.54) is 32.1 Å². The van der Waals surface area contributed by atoms with E-state index in [0.29, 0.717) is 12.5 Å². The summed E-state index contributed by atoms with van der Waals surface area (Å²) in [6.07, 6.45) is 7.76. The van der Waals surface area contributed by atoms with E-state index in [4.69, 9.17) is 10.5 Å². The summed E-state index contributed by atoms with van der Waals surface area (Å²) in [5.74, 6) is 0.0660. The summed E-state index contributed by atoms with van der Waals surface area (Å²) in [5.41, 5.74) is 7.37. The van der Waals surface area contributed by atoms with Gasteiger partial charge in [0, 0.05) is 30.5 Å². The number of hydrogen-bond acceptors (Lipinski definition) is 3. The van der Waals surface area contributed by atoms with Crippen LogP contribution in [0.5, 0.6) is 0 Å². The Morgan fingerprint density at radius 3 is 2.60 bits per heavy atom. The summed E-state index contributed by atoms with van der Waals surface area (Å²) in [6, 6.07) is 9.86. The Balaban J connectivity index is 0.00000225. The fraction of sp³-hybridized carbons (Fsp3) is 0.650. The van der Waals surface area contributed by atoms with Crippen LogP contribution < -0.4 is 11.1 Å². The van der Waals surface area contributed by atoms with Gasteiger partial charge in [0.05, 0.1) is 6.10 Å². The molecule has 140 valence electrons. The zero-order valence-electron chi connectivity index (χ0n) is 15.1. The van der Waals surface area contributed by atoms with Crippen LogP contribution in [0.15, 0.2) is 30.3 Å². The number of nitrogens with two attached hydrogens (primary N) is 1. The summed E-state index contributed by atoms with van der Waals surface area (Å²) < 4.78 is 5.96. The van der Waals surface area contributed by atoms with Crippen molar-refractivity contribution in [3.8, 4) is 0 Å². The Morgan fingerprint density at radius 2 is 1.96 bits per heavy atom. The number of carbonyl (C=O) groups is 1. The molecule has 4 nitrogen and oxygen atoms in total. The van der Waals surface area contributed by atoms with Gasteiger partial charge in [0.2, 0.25) is 5.91 Å². The number of nitrogens with one attached hydrogen (secondary N) is 1. The lowest BCUT2D eigenvalue weighted by molar-refractivity contribution is -0.157. The quantitative estimate of drug-likeness (QED) is 0.806. The fourth-order valence-electron chi connectivity index (χ4n) is 4.54. The maximum atomic E-state index is 12.5. The molecule has 5 heteroatoms. The van der Waals surface area contributed by atoms with Gasteiger partial charge >= 0.3 is 0 Å². The smallest absolute Gasteiger partial charge is 0.222 e. The summed E-state index contributed by atoms with van der Waals surface area (Å²) >= 11 is 0. The van der Waals surface area contributed by atoms with Gasteiger partial charge in [-0.15, -0.1) is 12.4 Å². The highest BCUT2D eigenvalue weighted by atomic mass is 35.5. The highest BCUT2D eigenvalue weighted by molar-refractivity contribution is 5.85. The van der Waals surface area contributed by atoms with Gasteiger partial charge in [-0.2, -0.15) is 0 Å². The number of halogens is 1.